The van der Waals surface area contributed by atoms with Crippen molar-refractivity contribution in [3.8, 4) is 0 Å². The van der Waals surface area contributed by atoms with Gasteiger partial charge < -0.3 is 14.5 Å². The number of carbonyl (C=O) groups excluding carboxylic acids is 2. The maximum Gasteiger partial charge on any atom is 0.410 e. The number of piperazine rings is 1. The van der Waals surface area contributed by atoms with Crippen molar-refractivity contribution in [3.05, 3.63) is 45.6 Å². The van der Waals surface area contributed by atoms with Gasteiger partial charge >= 0.3 is 6.09 Å². The topological polar surface area (TPSA) is 49.9 Å². The summed E-state index contributed by atoms with van der Waals surface area (Å²) >= 11 is 14.5. The van der Waals surface area contributed by atoms with Crippen LogP contribution >= 0.6 is 39.1 Å². The molecule has 5 nitrogen and oxygen atoms in total. The Morgan fingerprint density at radius 1 is 1.08 bits per heavy atom. The quantitative estimate of drug-likeness (QED) is 0.433. The predicted octanol–water partition coefficient (Wildman–Crippen LogP) is 4.78. The lowest BCUT2D eigenvalue weighted by Gasteiger charge is -2.35. The van der Waals surface area contributed by atoms with Crippen LogP contribution in [0.5, 0.6) is 0 Å². The van der Waals surface area contributed by atoms with Gasteiger partial charge in [0.15, 0.2) is 0 Å². The zero-order valence-corrected chi connectivity index (χ0v) is 18.1. The second-order valence-corrected chi connectivity index (χ2v) is 7.88. The molecule has 1 saturated heterocycles. The van der Waals surface area contributed by atoms with E-state index < -0.39 is 5.60 Å². The fraction of sp³-hybridized carbons (Fsp3) is 0.444. The Morgan fingerprint density at radius 3 is 2.19 bits per heavy atom. The first-order valence-electron chi connectivity index (χ1n) is 8.05. The van der Waals surface area contributed by atoms with Gasteiger partial charge in [0, 0.05) is 49.0 Å². The summed E-state index contributed by atoms with van der Waals surface area (Å²) in [5.41, 5.74) is 2.37. The van der Waals surface area contributed by atoms with E-state index in [1.54, 1.807) is 29.3 Å². The van der Waals surface area contributed by atoms with Gasteiger partial charge in [-0.05, 0) is 36.7 Å². The Balaban J connectivity index is 2.64. The molecule has 1 aliphatic heterocycles. The molecule has 144 valence electrons. The van der Waals surface area contributed by atoms with Crippen molar-refractivity contribution in [2.45, 2.75) is 26.4 Å². The van der Waals surface area contributed by atoms with Gasteiger partial charge in [0.1, 0.15) is 5.60 Å². The summed E-state index contributed by atoms with van der Waals surface area (Å²) in [7, 11) is 0. The molecule has 0 saturated carbocycles. The van der Waals surface area contributed by atoms with Crippen LogP contribution in [-0.4, -0.2) is 53.5 Å². The number of rotatable bonds is 5. The van der Waals surface area contributed by atoms with Gasteiger partial charge in [0.2, 0.25) is 5.78 Å². The zero-order valence-electron chi connectivity index (χ0n) is 15.0. The molecule has 1 fully saturated rings. The molecule has 1 aliphatic rings. The molecular weight excluding hydrogens is 443 g/mol. The molecule has 26 heavy (non-hydrogen) atoms. The van der Waals surface area contributed by atoms with Crippen molar-refractivity contribution >= 4 is 51.0 Å². The number of Topliss-reactive ketones (excluding diaryl/α,β-unsaturated/α-hetero) is 1. The standard InChI is InChI=1S/C18H23BrCl2N2O3/c1-18(2,3)26-17(25)23-10-8-22(9-11-23)13-15(19)16(24)14(12-21)6-4-5-7-20/h4-7,12-13H,8-11H2,1-3H3/b6-4-,7-5+,14-12-,15-13-. The van der Waals surface area contributed by atoms with E-state index in [4.69, 9.17) is 27.9 Å². The van der Waals surface area contributed by atoms with Crippen molar-refractivity contribution in [2.75, 3.05) is 26.2 Å². The van der Waals surface area contributed by atoms with E-state index >= 15 is 0 Å². The number of allylic oxidation sites excluding steroid dienone is 5. The number of halogens is 3. The Kier molecular flexibility index (Phi) is 9.47. The summed E-state index contributed by atoms with van der Waals surface area (Å²) in [6.45, 7) is 7.78. The van der Waals surface area contributed by atoms with E-state index in [1.165, 1.54) is 11.1 Å². The molecule has 1 heterocycles. The minimum absolute atomic E-state index is 0.242. The minimum atomic E-state index is -0.514. The van der Waals surface area contributed by atoms with E-state index in [1.807, 2.05) is 25.7 Å². The van der Waals surface area contributed by atoms with Gasteiger partial charge in [-0.15, -0.1) is 0 Å². The summed E-state index contributed by atoms with van der Waals surface area (Å²) in [6.07, 6.45) is 6.19. The molecule has 0 atom stereocenters. The summed E-state index contributed by atoms with van der Waals surface area (Å²) in [6, 6.07) is 0. The highest BCUT2D eigenvalue weighted by Gasteiger charge is 2.25. The normalized spacial score (nSPS) is 17.3. The highest BCUT2D eigenvalue weighted by molar-refractivity contribution is 9.12. The second kappa shape index (κ2) is 10.8. The van der Waals surface area contributed by atoms with Crippen molar-refractivity contribution in [1.82, 2.24) is 9.80 Å². The van der Waals surface area contributed by atoms with Gasteiger partial charge in [0.25, 0.3) is 0 Å². The van der Waals surface area contributed by atoms with Gasteiger partial charge in [-0.2, -0.15) is 0 Å². The van der Waals surface area contributed by atoms with E-state index in [-0.39, 0.29) is 11.9 Å². The molecule has 0 unspecified atom stereocenters. The highest BCUT2D eigenvalue weighted by Crippen LogP contribution is 2.18. The number of carbonyl (C=O) groups is 2. The van der Waals surface area contributed by atoms with Crippen LogP contribution < -0.4 is 0 Å². The maximum absolute atomic E-state index is 12.4. The Bertz CT molecular complexity index is 629. The lowest BCUT2D eigenvalue weighted by molar-refractivity contribution is -0.111. The Labute approximate surface area is 173 Å². The summed E-state index contributed by atoms with van der Waals surface area (Å²) in [5, 5.41) is 0. The van der Waals surface area contributed by atoms with Crippen molar-refractivity contribution in [3.63, 3.8) is 0 Å². The number of ketones is 1. The molecule has 0 spiro atoms. The molecule has 0 radical (unpaired) electrons. The van der Waals surface area contributed by atoms with Crippen LogP contribution in [0.3, 0.4) is 0 Å². The first kappa shape index (κ1) is 22.8. The summed E-state index contributed by atoms with van der Waals surface area (Å²) < 4.78 is 5.75. The summed E-state index contributed by atoms with van der Waals surface area (Å²) in [4.78, 5) is 28.1. The molecule has 0 aromatic heterocycles. The maximum atomic E-state index is 12.4. The first-order chi connectivity index (χ1) is 12.2. The van der Waals surface area contributed by atoms with Crippen LogP contribution in [0.25, 0.3) is 0 Å². The number of hydrogen-bond acceptors (Lipinski definition) is 4. The average molecular weight is 466 g/mol. The second-order valence-electron chi connectivity index (χ2n) is 6.55. The van der Waals surface area contributed by atoms with Crippen LogP contribution in [0.2, 0.25) is 0 Å². The fourth-order valence-electron chi connectivity index (χ4n) is 2.08. The number of ether oxygens (including phenoxy) is 1. The molecule has 1 rings (SSSR count). The molecule has 0 bridgehead atoms. The smallest absolute Gasteiger partial charge is 0.410 e. The SMILES string of the molecule is CC(C)(C)OC(=O)N1CCN(/C=C(\Br)C(=O)C(/C=C\C=C\Cl)=C\Cl)CC1. The fourth-order valence-corrected chi connectivity index (χ4v) is 2.85. The third-order valence-corrected chi connectivity index (χ3v) is 4.26. The number of hydrogen-bond donors (Lipinski definition) is 0. The lowest BCUT2D eigenvalue weighted by Crippen LogP contribution is -2.48. The summed E-state index contributed by atoms with van der Waals surface area (Å²) in [5.74, 6) is -0.242. The zero-order chi connectivity index (χ0) is 19.7. The number of nitrogens with zero attached hydrogens (tertiary/aromatic N) is 2. The van der Waals surface area contributed by atoms with E-state index in [0.29, 0.717) is 36.2 Å². The van der Waals surface area contributed by atoms with Gasteiger partial charge in [-0.3, -0.25) is 4.79 Å². The van der Waals surface area contributed by atoms with Gasteiger partial charge in [0.05, 0.1) is 4.48 Å². The number of amides is 1. The van der Waals surface area contributed by atoms with Crippen LogP contribution in [0.15, 0.2) is 45.6 Å². The van der Waals surface area contributed by atoms with Crippen LogP contribution in [0, 0.1) is 0 Å². The highest BCUT2D eigenvalue weighted by atomic mass is 79.9. The molecule has 8 heteroatoms. The Hall–Kier alpha value is -1.24. The van der Waals surface area contributed by atoms with E-state index in [0.717, 1.165) is 0 Å². The van der Waals surface area contributed by atoms with Gasteiger partial charge in [-0.25, -0.2) is 4.79 Å². The van der Waals surface area contributed by atoms with Crippen LogP contribution in [-0.2, 0) is 9.53 Å². The van der Waals surface area contributed by atoms with Crippen molar-refractivity contribution in [2.24, 2.45) is 0 Å². The van der Waals surface area contributed by atoms with Gasteiger partial charge in [-0.1, -0.05) is 41.4 Å². The molecule has 1 amide bonds. The van der Waals surface area contributed by atoms with E-state index in [9.17, 15) is 9.59 Å². The van der Waals surface area contributed by atoms with Crippen molar-refractivity contribution < 1.29 is 14.3 Å². The molecular formula is C18H23BrCl2N2O3. The monoisotopic (exact) mass is 464 g/mol. The van der Waals surface area contributed by atoms with Crippen molar-refractivity contribution in [1.29, 1.82) is 0 Å². The first-order valence-corrected chi connectivity index (χ1v) is 9.72. The van der Waals surface area contributed by atoms with Crippen LogP contribution in [0.4, 0.5) is 4.79 Å². The molecule has 0 N–H and O–H groups in total. The molecule has 0 aromatic carbocycles. The largest absolute Gasteiger partial charge is 0.444 e. The molecule has 0 aromatic rings. The van der Waals surface area contributed by atoms with E-state index in [2.05, 4.69) is 15.9 Å². The minimum Gasteiger partial charge on any atom is -0.444 e. The molecule has 0 aliphatic carbocycles. The third kappa shape index (κ3) is 7.98. The lowest BCUT2D eigenvalue weighted by atomic mass is 10.1. The Morgan fingerprint density at radius 2 is 1.69 bits per heavy atom. The predicted molar refractivity (Wildman–Crippen MR) is 109 cm³/mol. The average Bonchev–Trinajstić information content (AvgIpc) is 2.57. The van der Waals surface area contributed by atoms with Crippen LogP contribution in [0.1, 0.15) is 20.8 Å². The third-order valence-electron chi connectivity index (χ3n) is 3.32.